The molecule has 0 bridgehead atoms. The van der Waals surface area contributed by atoms with Crippen molar-refractivity contribution in [2.45, 2.75) is 30.8 Å². The Labute approximate surface area is 107 Å². The van der Waals surface area contributed by atoms with Gasteiger partial charge in [-0.25, -0.2) is 0 Å². The summed E-state index contributed by atoms with van der Waals surface area (Å²) >= 11 is 0.412. The summed E-state index contributed by atoms with van der Waals surface area (Å²) < 4.78 is 37.9. The van der Waals surface area contributed by atoms with Crippen molar-refractivity contribution in [1.29, 1.82) is 0 Å². The third kappa shape index (κ3) is 6.10. The molecule has 0 aliphatic rings. The Morgan fingerprint density at radius 3 is 2.33 bits per heavy atom. The number of hydrogen-bond donors (Lipinski definition) is 3. The lowest BCUT2D eigenvalue weighted by Gasteiger charge is -2.23. The standard InChI is InChI=1S/C9H16F3N3O2S/c1-5(13)15-3-6(9(10,11)12)18-4-8(2,14)7(16)17/h6H,3-4,14H2,1-2H3,(H2,13,15)(H,16,17)/t6-,8+/m1/s1. The van der Waals surface area contributed by atoms with Crippen molar-refractivity contribution in [3.8, 4) is 0 Å². The second-order valence-electron chi connectivity index (χ2n) is 4.05. The number of aliphatic carboxylic acids is 1. The van der Waals surface area contributed by atoms with Crippen LogP contribution in [-0.2, 0) is 4.79 Å². The Morgan fingerprint density at radius 2 is 2.00 bits per heavy atom. The van der Waals surface area contributed by atoms with Crippen LogP contribution in [0.2, 0.25) is 0 Å². The van der Waals surface area contributed by atoms with Crippen molar-refractivity contribution >= 4 is 23.6 Å². The van der Waals surface area contributed by atoms with Crippen molar-refractivity contribution in [1.82, 2.24) is 0 Å². The highest BCUT2D eigenvalue weighted by atomic mass is 32.2. The summed E-state index contributed by atoms with van der Waals surface area (Å²) in [6.45, 7) is 1.99. The molecule has 0 aliphatic heterocycles. The number of amidine groups is 1. The molecule has 0 aromatic heterocycles. The normalized spacial score (nSPS) is 18.2. The van der Waals surface area contributed by atoms with Gasteiger partial charge in [0.2, 0.25) is 0 Å². The minimum absolute atomic E-state index is 0.0404. The lowest BCUT2D eigenvalue weighted by Crippen LogP contribution is -2.48. The summed E-state index contributed by atoms with van der Waals surface area (Å²) in [7, 11) is 0. The molecule has 0 aliphatic carbocycles. The molecule has 0 fully saturated rings. The fourth-order valence-corrected chi connectivity index (χ4v) is 1.85. The molecule has 106 valence electrons. The van der Waals surface area contributed by atoms with Gasteiger partial charge in [0, 0.05) is 5.75 Å². The highest BCUT2D eigenvalue weighted by molar-refractivity contribution is 8.00. The van der Waals surface area contributed by atoms with E-state index in [9.17, 15) is 18.0 Å². The molecule has 18 heavy (non-hydrogen) atoms. The fraction of sp³-hybridized carbons (Fsp3) is 0.778. The summed E-state index contributed by atoms with van der Waals surface area (Å²) in [4.78, 5) is 14.2. The van der Waals surface area contributed by atoms with Crippen molar-refractivity contribution in [3.05, 3.63) is 0 Å². The molecule has 5 N–H and O–H groups in total. The van der Waals surface area contributed by atoms with Gasteiger partial charge in [0.05, 0.1) is 12.4 Å². The van der Waals surface area contributed by atoms with Crippen LogP contribution >= 0.6 is 11.8 Å². The molecule has 0 rings (SSSR count). The second kappa shape index (κ2) is 6.28. The summed E-state index contributed by atoms with van der Waals surface area (Å²) in [5.41, 5.74) is 8.81. The Kier molecular flexibility index (Phi) is 5.94. The molecule has 0 unspecified atom stereocenters. The summed E-state index contributed by atoms with van der Waals surface area (Å²) in [5.74, 6) is -1.68. The lowest BCUT2D eigenvalue weighted by molar-refractivity contribution is -0.142. The van der Waals surface area contributed by atoms with Crippen LogP contribution < -0.4 is 11.5 Å². The number of halogens is 3. The van der Waals surface area contributed by atoms with Gasteiger partial charge in [-0.3, -0.25) is 9.79 Å². The predicted octanol–water partition coefficient (Wildman–Crippen LogP) is 0.830. The monoisotopic (exact) mass is 287 g/mol. The lowest BCUT2D eigenvalue weighted by atomic mass is 10.1. The van der Waals surface area contributed by atoms with E-state index < -0.39 is 29.5 Å². The number of nitrogens with two attached hydrogens (primary N) is 2. The number of nitrogens with zero attached hydrogens (tertiary/aromatic N) is 1. The molecule has 0 aromatic rings. The SMILES string of the molecule is CC(N)=NC[C@@H](SC[C@](C)(N)C(=O)O)C(F)(F)F. The smallest absolute Gasteiger partial charge is 0.402 e. The van der Waals surface area contributed by atoms with Crippen LogP contribution in [0.5, 0.6) is 0 Å². The highest BCUT2D eigenvalue weighted by Crippen LogP contribution is 2.32. The molecular weight excluding hydrogens is 271 g/mol. The van der Waals surface area contributed by atoms with Crippen molar-refractivity contribution in [2.24, 2.45) is 16.5 Å². The first-order valence-electron chi connectivity index (χ1n) is 4.94. The van der Waals surface area contributed by atoms with Gasteiger partial charge in [0.25, 0.3) is 0 Å². The van der Waals surface area contributed by atoms with E-state index in [1.807, 2.05) is 0 Å². The Hall–Kier alpha value is -0.960. The van der Waals surface area contributed by atoms with E-state index in [2.05, 4.69) is 4.99 Å². The molecule has 0 radical (unpaired) electrons. The van der Waals surface area contributed by atoms with E-state index in [0.29, 0.717) is 11.8 Å². The number of carbonyl (C=O) groups is 1. The van der Waals surface area contributed by atoms with Gasteiger partial charge in [-0.15, -0.1) is 11.8 Å². The van der Waals surface area contributed by atoms with Crippen LogP contribution in [0.3, 0.4) is 0 Å². The number of rotatable bonds is 6. The van der Waals surface area contributed by atoms with Gasteiger partial charge < -0.3 is 16.6 Å². The molecule has 0 saturated heterocycles. The molecule has 0 saturated carbocycles. The summed E-state index contributed by atoms with van der Waals surface area (Å²) in [6, 6.07) is 0. The molecule has 9 heteroatoms. The largest absolute Gasteiger partial charge is 0.480 e. The van der Waals surface area contributed by atoms with E-state index in [1.54, 1.807) is 0 Å². The van der Waals surface area contributed by atoms with Gasteiger partial charge in [-0.05, 0) is 13.8 Å². The van der Waals surface area contributed by atoms with Crippen LogP contribution in [0.25, 0.3) is 0 Å². The predicted molar refractivity (Wildman–Crippen MR) is 64.7 cm³/mol. The fourth-order valence-electron chi connectivity index (χ4n) is 0.813. The molecule has 0 amide bonds. The average molecular weight is 287 g/mol. The first-order chi connectivity index (χ1) is 7.97. The van der Waals surface area contributed by atoms with Gasteiger partial charge in [0.1, 0.15) is 10.8 Å². The zero-order valence-electron chi connectivity index (χ0n) is 9.99. The van der Waals surface area contributed by atoms with Crippen LogP contribution in [0, 0.1) is 0 Å². The molecule has 0 aromatic carbocycles. The van der Waals surface area contributed by atoms with Crippen LogP contribution in [0.4, 0.5) is 13.2 Å². The Balaban J connectivity index is 4.63. The average Bonchev–Trinajstić information content (AvgIpc) is 2.14. The molecular formula is C9H16F3N3O2S. The minimum atomic E-state index is -4.49. The maximum Gasteiger partial charge on any atom is 0.402 e. The van der Waals surface area contributed by atoms with Crippen molar-refractivity contribution in [3.63, 3.8) is 0 Å². The van der Waals surface area contributed by atoms with E-state index in [1.165, 1.54) is 6.92 Å². The zero-order chi connectivity index (χ0) is 14.6. The number of hydrogen-bond acceptors (Lipinski definition) is 4. The first kappa shape index (κ1) is 17.0. The number of carboxylic acid groups (broad SMARTS) is 1. The first-order valence-corrected chi connectivity index (χ1v) is 5.99. The maximum absolute atomic E-state index is 12.6. The molecule has 0 heterocycles. The van der Waals surface area contributed by atoms with Gasteiger partial charge >= 0.3 is 12.1 Å². The van der Waals surface area contributed by atoms with Crippen LogP contribution in [0.15, 0.2) is 4.99 Å². The summed E-state index contributed by atoms with van der Waals surface area (Å²) in [6.07, 6.45) is -4.49. The van der Waals surface area contributed by atoms with E-state index >= 15 is 0 Å². The van der Waals surface area contributed by atoms with Crippen LogP contribution in [-0.4, -0.2) is 46.2 Å². The quantitative estimate of drug-likeness (QED) is 0.496. The highest BCUT2D eigenvalue weighted by Gasteiger charge is 2.41. The number of carboxylic acids is 1. The number of alkyl halides is 3. The Morgan fingerprint density at radius 1 is 1.50 bits per heavy atom. The van der Waals surface area contributed by atoms with Gasteiger partial charge in [-0.2, -0.15) is 13.2 Å². The third-order valence-electron chi connectivity index (χ3n) is 1.94. The van der Waals surface area contributed by atoms with E-state index in [4.69, 9.17) is 16.6 Å². The van der Waals surface area contributed by atoms with E-state index in [-0.39, 0.29) is 11.6 Å². The van der Waals surface area contributed by atoms with Crippen LogP contribution in [0.1, 0.15) is 13.8 Å². The van der Waals surface area contributed by atoms with Crippen molar-refractivity contribution < 1.29 is 23.1 Å². The molecule has 5 nitrogen and oxygen atoms in total. The Bertz CT molecular complexity index is 328. The minimum Gasteiger partial charge on any atom is -0.480 e. The topological polar surface area (TPSA) is 102 Å². The number of aliphatic imine (C=N–C) groups is 1. The van der Waals surface area contributed by atoms with E-state index in [0.717, 1.165) is 6.92 Å². The second-order valence-corrected chi connectivity index (χ2v) is 5.24. The molecule has 2 atom stereocenters. The zero-order valence-corrected chi connectivity index (χ0v) is 10.8. The summed E-state index contributed by atoms with van der Waals surface area (Å²) in [5, 5.41) is 6.89. The van der Waals surface area contributed by atoms with Gasteiger partial charge in [0.15, 0.2) is 0 Å². The maximum atomic E-state index is 12.6. The number of thioether (sulfide) groups is 1. The van der Waals surface area contributed by atoms with Gasteiger partial charge in [-0.1, -0.05) is 0 Å². The van der Waals surface area contributed by atoms with Crippen molar-refractivity contribution in [2.75, 3.05) is 12.3 Å². The third-order valence-corrected chi connectivity index (χ3v) is 3.53. The molecule has 0 spiro atoms.